The Morgan fingerprint density at radius 2 is 1.86 bits per heavy atom. The van der Waals surface area contributed by atoms with Gasteiger partial charge in [0.25, 0.3) is 0 Å². The van der Waals surface area contributed by atoms with Crippen LogP contribution in [0.3, 0.4) is 0 Å². The molecule has 0 aliphatic heterocycles. The molecule has 0 aromatic heterocycles. The number of hydrogen-bond donors (Lipinski definition) is 2. The van der Waals surface area contributed by atoms with E-state index in [1.165, 1.54) is 24.4 Å². The SMILES string of the molecule is C[C@H](N=Cc1cc(Cl)ccc1O)c1ccc(S(N)(=O)=O)cc1. The molecule has 0 aliphatic rings. The van der Waals surface area contributed by atoms with Gasteiger partial charge in [-0.05, 0) is 42.8 Å². The quantitative estimate of drug-likeness (QED) is 0.839. The molecular weight excluding hydrogens is 324 g/mol. The summed E-state index contributed by atoms with van der Waals surface area (Å²) in [7, 11) is -3.70. The van der Waals surface area contributed by atoms with Crippen LogP contribution < -0.4 is 5.14 Å². The second-order valence-corrected chi connectivity index (χ2v) is 6.77. The first-order valence-electron chi connectivity index (χ1n) is 6.42. The zero-order valence-corrected chi connectivity index (χ0v) is 13.3. The second kappa shape index (κ2) is 6.48. The summed E-state index contributed by atoms with van der Waals surface area (Å²) in [5.74, 6) is 0.0879. The fraction of sp³-hybridized carbons (Fsp3) is 0.133. The van der Waals surface area contributed by atoms with Gasteiger partial charge in [-0.2, -0.15) is 0 Å². The number of aliphatic imine (C=N–C) groups is 1. The molecule has 0 radical (unpaired) electrons. The highest BCUT2D eigenvalue weighted by Crippen LogP contribution is 2.22. The summed E-state index contributed by atoms with van der Waals surface area (Å²) >= 11 is 5.87. The van der Waals surface area contributed by atoms with E-state index in [2.05, 4.69) is 4.99 Å². The van der Waals surface area contributed by atoms with Crippen molar-refractivity contribution in [3.8, 4) is 5.75 Å². The Kier molecular flexibility index (Phi) is 4.85. The minimum Gasteiger partial charge on any atom is -0.507 e. The smallest absolute Gasteiger partial charge is 0.238 e. The Morgan fingerprint density at radius 1 is 1.23 bits per heavy atom. The number of sulfonamides is 1. The van der Waals surface area contributed by atoms with E-state index in [1.807, 2.05) is 6.92 Å². The first kappa shape index (κ1) is 16.5. The Labute approximate surface area is 134 Å². The molecule has 0 saturated heterocycles. The first-order chi connectivity index (χ1) is 10.3. The van der Waals surface area contributed by atoms with Crippen molar-refractivity contribution in [2.75, 3.05) is 0 Å². The average Bonchev–Trinajstić information content (AvgIpc) is 2.47. The number of aromatic hydroxyl groups is 1. The highest BCUT2D eigenvalue weighted by molar-refractivity contribution is 7.89. The molecule has 0 heterocycles. The summed E-state index contributed by atoms with van der Waals surface area (Å²) in [5, 5.41) is 15.3. The fourth-order valence-electron chi connectivity index (χ4n) is 1.84. The predicted molar refractivity (Wildman–Crippen MR) is 86.9 cm³/mol. The fourth-order valence-corrected chi connectivity index (χ4v) is 2.54. The van der Waals surface area contributed by atoms with Crippen molar-refractivity contribution in [2.24, 2.45) is 10.1 Å². The maximum Gasteiger partial charge on any atom is 0.238 e. The van der Waals surface area contributed by atoms with Crippen molar-refractivity contribution >= 4 is 27.8 Å². The number of nitrogens with two attached hydrogens (primary N) is 1. The number of phenolic OH excluding ortho intramolecular Hbond substituents is 1. The lowest BCUT2D eigenvalue weighted by Crippen LogP contribution is -2.11. The average molecular weight is 339 g/mol. The third-order valence-corrected chi connectivity index (χ3v) is 4.28. The van der Waals surface area contributed by atoms with E-state index < -0.39 is 10.0 Å². The molecule has 1 atom stereocenters. The van der Waals surface area contributed by atoms with Crippen LogP contribution in [-0.4, -0.2) is 19.7 Å². The molecule has 2 aromatic carbocycles. The lowest BCUT2D eigenvalue weighted by molar-refractivity contribution is 0.474. The van der Waals surface area contributed by atoms with Crippen molar-refractivity contribution in [1.29, 1.82) is 0 Å². The number of hydrogen-bond acceptors (Lipinski definition) is 4. The maximum absolute atomic E-state index is 11.2. The molecule has 0 spiro atoms. The summed E-state index contributed by atoms with van der Waals surface area (Å²) in [4.78, 5) is 4.39. The number of primary sulfonamides is 1. The predicted octanol–water partition coefficient (Wildman–Crippen LogP) is 2.87. The van der Waals surface area contributed by atoms with Crippen LogP contribution in [0.5, 0.6) is 5.75 Å². The molecule has 2 aromatic rings. The lowest BCUT2D eigenvalue weighted by atomic mass is 10.1. The van der Waals surface area contributed by atoms with Gasteiger partial charge in [-0.25, -0.2) is 13.6 Å². The standard InChI is InChI=1S/C15H15ClN2O3S/c1-10(11-2-5-14(6-3-11)22(17,20)21)18-9-12-8-13(16)4-7-15(12)19/h2-10,19H,1H3,(H2,17,20,21)/t10-/m0/s1. The summed E-state index contributed by atoms with van der Waals surface area (Å²) < 4.78 is 22.4. The van der Waals surface area contributed by atoms with Crippen LogP contribution in [0.15, 0.2) is 52.4 Å². The topological polar surface area (TPSA) is 92.8 Å². The van der Waals surface area contributed by atoms with Crippen LogP contribution in [0.4, 0.5) is 0 Å². The molecule has 0 saturated carbocycles. The Morgan fingerprint density at radius 3 is 2.45 bits per heavy atom. The van der Waals surface area contributed by atoms with Gasteiger partial charge in [0.15, 0.2) is 0 Å². The number of benzene rings is 2. The van der Waals surface area contributed by atoms with Gasteiger partial charge in [0, 0.05) is 16.8 Å². The first-order valence-corrected chi connectivity index (χ1v) is 8.34. The molecule has 3 N–H and O–H groups in total. The van der Waals surface area contributed by atoms with Crippen LogP contribution in [0.2, 0.25) is 5.02 Å². The van der Waals surface area contributed by atoms with E-state index in [4.69, 9.17) is 16.7 Å². The van der Waals surface area contributed by atoms with Gasteiger partial charge < -0.3 is 5.11 Å². The molecule has 0 unspecified atom stereocenters. The minimum atomic E-state index is -3.70. The number of halogens is 1. The van der Waals surface area contributed by atoms with Crippen LogP contribution in [0, 0.1) is 0 Å². The largest absolute Gasteiger partial charge is 0.507 e. The Bertz CT molecular complexity index is 802. The zero-order valence-electron chi connectivity index (χ0n) is 11.8. The molecule has 2 rings (SSSR count). The van der Waals surface area contributed by atoms with Gasteiger partial charge in [0.05, 0.1) is 10.9 Å². The van der Waals surface area contributed by atoms with E-state index in [9.17, 15) is 13.5 Å². The van der Waals surface area contributed by atoms with E-state index in [0.717, 1.165) is 5.56 Å². The van der Waals surface area contributed by atoms with Crippen LogP contribution in [0.1, 0.15) is 24.1 Å². The van der Waals surface area contributed by atoms with Crippen molar-refractivity contribution in [1.82, 2.24) is 0 Å². The minimum absolute atomic E-state index is 0.0555. The summed E-state index contributed by atoms with van der Waals surface area (Å²) in [5.41, 5.74) is 1.34. The van der Waals surface area contributed by atoms with Crippen LogP contribution >= 0.6 is 11.6 Å². The zero-order chi connectivity index (χ0) is 16.3. The monoisotopic (exact) mass is 338 g/mol. The number of nitrogens with zero attached hydrogens (tertiary/aromatic N) is 1. The van der Waals surface area contributed by atoms with Crippen molar-refractivity contribution in [3.63, 3.8) is 0 Å². The molecule has 0 aliphatic carbocycles. The molecule has 7 heteroatoms. The van der Waals surface area contributed by atoms with Gasteiger partial charge in [0.2, 0.25) is 10.0 Å². The third kappa shape index (κ3) is 4.07. The van der Waals surface area contributed by atoms with Crippen molar-refractivity contribution in [2.45, 2.75) is 17.9 Å². The van der Waals surface area contributed by atoms with Crippen molar-refractivity contribution < 1.29 is 13.5 Å². The third-order valence-electron chi connectivity index (χ3n) is 3.12. The lowest BCUT2D eigenvalue weighted by Gasteiger charge is -2.08. The van der Waals surface area contributed by atoms with E-state index in [1.54, 1.807) is 24.3 Å². The summed E-state index contributed by atoms with van der Waals surface area (Å²) in [6.07, 6.45) is 1.53. The number of rotatable bonds is 4. The molecule has 22 heavy (non-hydrogen) atoms. The number of phenols is 1. The van der Waals surface area contributed by atoms with E-state index in [-0.39, 0.29) is 16.7 Å². The van der Waals surface area contributed by atoms with Gasteiger partial charge in [-0.3, -0.25) is 4.99 Å². The van der Waals surface area contributed by atoms with Gasteiger partial charge in [-0.1, -0.05) is 23.7 Å². The van der Waals surface area contributed by atoms with E-state index in [0.29, 0.717) is 10.6 Å². The van der Waals surface area contributed by atoms with Crippen LogP contribution in [0.25, 0.3) is 0 Å². The molecule has 0 bridgehead atoms. The molecule has 5 nitrogen and oxygen atoms in total. The maximum atomic E-state index is 11.2. The second-order valence-electron chi connectivity index (χ2n) is 4.77. The molecule has 0 fully saturated rings. The highest BCUT2D eigenvalue weighted by Gasteiger charge is 2.09. The van der Waals surface area contributed by atoms with Gasteiger partial charge in [-0.15, -0.1) is 0 Å². The molecular formula is C15H15ClN2O3S. The summed E-state index contributed by atoms with van der Waals surface area (Å²) in [6, 6.07) is 10.7. The Hall–Kier alpha value is -1.89. The Balaban J connectivity index is 2.20. The molecule has 116 valence electrons. The van der Waals surface area contributed by atoms with E-state index >= 15 is 0 Å². The molecule has 0 amide bonds. The van der Waals surface area contributed by atoms with Crippen molar-refractivity contribution in [3.05, 3.63) is 58.6 Å². The summed E-state index contributed by atoms with van der Waals surface area (Å²) in [6.45, 7) is 1.85. The highest BCUT2D eigenvalue weighted by atomic mass is 35.5. The normalized spacial score (nSPS) is 13.4. The van der Waals surface area contributed by atoms with Gasteiger partial charge in [0.1, 0.15) is 5.75 Å². The van der Waals surface area contributed by atoms with Crippen LogP contribution in [-0.2, 0) is 10.0 Å². The van der Waals surface area contributed by atoms with Gasteiger partial charge >= 0.3 is 0 Å².